The van der Waals surface area contributed by atoms with Crippen LogP contribution in [0.1, 0.15) is 58.9 Å². The van der Waals surface area contributed by atoms with Crippen LogP contribution in [0, 0.1) is 11.8 Å². The van der Waals surface area contributed by atoms with Crippen LogP contribution in [0.25, 0.3) is 5.57 Å². The minimum Gasteiger partial charge on any atom is -0.501 e. The van der Waals surface area contributed by atoms with Gasteiger partial charge in [0.15, 0.2) is 0 Å². The number of nitrogens with two attached hydrogens (primary N) is 1. The molecule has 1 saturated carbocycles. The van der Waals surface area contributed by atoms with E-state index < -0.39 is 0 Å². The van der Waals surface area contributed by atoms with E-state index in [0.717, 1.165) is 24.0 Å². The molecule has 2 atom stereocenters. The van der Waals surface area contributed by atoms with E-state index in [4.69, 9.17) is 15.2 Å². The molecule has 30 heavy (non-hydrogen) atoms. The van der Waals surface area contributed by atoms with Crippen molar-refractivity contribution in [1.29, 1.82) is 0 Å². The third-order valence-corrected chi connectivity index (χ3v) is 5.04. The van der Waals surface area contributed by atoms with E-state index in [1.807, 2.05) is 44.5 Å². The SMILES string of the molecule is CC=NC(C=C(C=COCC(C)CC(N)=O)c1ccc(OC2CCC2)nc1)C(C)C. The summed E-state index contributed by atoms with van der Waals surface area (Å²) in [6, 6.07) is 3.98. The van der Waals surface area contributed by atoms with E-state index in [2.05, 4.69) is 29.9 Å². The standard InChI is InChI=1S/C24H35N3O3/c1-5-26-22(17(2)3)14-19(11-12-29-16-18(4)13-23(25)28)20-9-10-24(27-15-20)30-21-7-6-8-21/h5,9-12,14-15,17-18,21-22H,6-8,13,16H2,1-4H3,(H2,25,28). The van der Waals surface area contributed by atoms with E-state index in [1.54, 1.807) is 6.26 Å². The molecule has 2 rings (SSSR count). The molecule has 0 spiro atoms. The second-order valence-corrected chi connectivity index (χ2v) is 8.23. The van der Waals surface area contributed by atoms with Gasteiger partial charge in [0, 0.05) is 24.2 Å². The third-order valence-electron chi connectivity index (χ3n) is 5.04. The van der Waals surface area contributed by atoms with Crippen LogP contribution in [0.5, 0.6) is 5.88 Å². The molecule has 1 fully saturated rings. The summed E-state index contributed by atoms with van der Waals surface area (Å²) >= 11 is 0. The first-order valence-electron chi connectivity index (χ1n) is 10.8. The molecule has 1 aromatic heterocycles. The van der Waals surface area contributed by atoms with Gasteiger partial charge in [0.1, 0.15) is 6.10 Å². The Kier molecular flexibility index (Phi) is 9.58. The molecule has 164 valence electrons. The van der Waals surface area contributed by atoms with Gasteiger partial charge in [0.25, 0.3) is 0 Å². The zero-order chi connectivity index (χ0) is 21.9. The number of carbonyl (C=O) groups is 1. The topological polar surface area (TPSA) is 86.8 Å². The fourth-order valence-corrected chi connectivity index (χ4v) is 3.04. The van der Waals surface area contributed by atoms with Crippen LogP contribution in [0.15, 0.2) is 41.7 Å². The maximum atomic E-state index is 11.0. The quantitative estimate of drug-likeness (QED) is 0.309. The normalized spacial score (nSPS) is 17.3. The predicted octanol–water partition coefficient (Wildman–Crippen LogP) is 4.55. The van der Waals surface area contributed by atoms with E-state index in [9.17, 15) is 4.79 Å². The van der Waals surface area contributed by atoms with Crippen molar-refractivity contribution in [2.45, 2.75) is 65.5 Å². The third kappa shape index (κ3) is 8.01. The van der Waals surface area contributed by atoms with Crippen LogP contribution < -0.4 is 10.5 Å². The van der Waals surface area contributed by atoms with Gasteiger partial charge in [-0.15, -0.1) is 0 Å². The van der Waals surface area contributed by atoms with Crippen molar-refractivity contribution in [2.75, 3.05) is 6.61 Å². The Balaban J connectivity index is 2.13. The molecule has 0 aromatic carbocycles. The number of allylic oxidation sites excluding steroid dienone is 2. The zero-order valence-corrected chi connectivity index (χ0v) is 18.6. The van der Waals surface area contributed by atoms with Gasteiger partial charge < -0.3 is 15.2 Å². The highest BCUT2D eigenvalue weighted by atomic mass is 16.5. The Hall–Kier alpha value is -2.63. The molecule has 0 aliphatic heterocycles. The Morgan fingerprint density at radius 2 is 2.10 bits per heavy atom. The van der Waals surface area contributed by atoms with Gasteiger partial charge in [-0.2, -0.15) is 0 Å². The summed E-state index contributed by atoms with van der Waals surface area (Å²) in [5.74, 6) is 0.769. The van der Waals surface area contributed by atoms with Gasteiger partial charge in [0.05, 0.1) is 18.9 Å². The Labute approximate surface area is 180 Å². The summed E-state index contributed by atoms with van der Waals surface area (Å²) in [5, 5.41) is 0. The Morgan fingerprint density at radius 3 is 2.63 bits per heavy atom. The molecule has 2 N–H and O–H groups in total. The molecule has 1 aliphatic carbocycles. The van der Waals surface area contributed by atoms with Crippen LogP contribution in [-0.2, 0) is 9.53 Å². The molecule has 6 nitrogen and oxygen atoms in total. The van der Waals surface area contributed by atoms with Crippen molar-refractivity contribution >= 4 is 17.7 Å². The van der Waals surface area contributed by atoms with E-state index >= 15 is 0 Å². The predicted molar refractivity (Wildman–Crippen MR) is 121 cm³/mol. The lowest BCUT2D eigenvalue weighted by atomic mass is 9.96. The second-order valence-electron chi connectivity index (χ2n) is 8.23. The lowest BCUT2D eigenvalue weighted by Gasteiger charge is -2.25. The molecule has 0 bridgehead atoms. The summed E-state index contributed by atoms with van der Waals surface area (Å²) in [6.07, 6.45) is 13.4. The first-order chi connectivity index (χ1) is 14.4. The Bertz CT molecular complexity index is 749. The van der Waals surface area contributed by atoms with Crippen molar-refractivity contribution < 1.29 is 14.3 Å². The highest BCUT2D eigenvalue weighted by molar-refractivity contribution is 5.74. The van der Waals surface area contributed by atoms with Gasteiger partial charge in [0.2, 0.25) is 11.8 Å². The molecule has 1 amide bonds. The summed E-state index contributed by atoms with van der Waals surface area (Å²) in [7, 11) is 0. The van der Waals surface area contributed by atoms with Gasteiger partial charge in [-0.1, -0.05) is 26.8 Å². The van der Waals surface area contributed by atoms with Gasteiger partial charge in [-0.3, -0.25) is 9.79 Å². The first kappa shape index (κ1) is 23.6. The minimum absolute atomic E-state index is 0.0503. The first-order valence-corrected chi connectivity index (χ1v) is 10.8. The highest BCUT2D eigenvalue weighted by Crippen LogP contribution is 2.26. The molecule has 2 unspecified atom stereocenters. The Morgan fingerprint density at radius 1 is 1.33 bits per heavy atom. The summed E-state index contributed by atoms with van der Waals surface area (Å²) in [5.41, 5.74) is 7.18. The summed E-state index contributed by atoms with van der Waals surface area (Å²) in [6.45, 7) is 8.58. The number of amides is 1. The molecule has 6 heteroatoms. The van der Waals surface area contributed by atoms with Crippen molar-refractivity contribution in [3.63, 3.8) is 0 Å². The molecule has 1 heterocycles. The van der Waals surface area contributed by atoms with Crippen LogP contribution >= 0.6 is 0 Å². The number of aliphatic imine (C=N–C) groups is 1. The lowest BCUT2D eigenvalue weighted by Crippen LogP contribution is -2.24. The maximum absolute atomic E-state index is 11.0. The number of nitrogens with zero attached hydrogens (tertiary/aromatic N) is 2. The summed E-state index contributed by atoms with van der Waals surface area (Å²) < 4.78 is 11.5. The van der Waals surface area contributed by atoms with Crippen LogP contribution in [0.2, 0.25) is 0 Å². The lowest BCUT2D eigenvalue weighted by molar-refractivity contribution is -0.119. The van der Waals surface area contributed by atoms with Crippen molar-refractivity contribution in [3.05, 3.63) is 42.3 Å². The monoisotopic (exact) mass is 413 g/mol. The number of rotatable bonds is 12. The zero-order valence-electron chi connectivity index (χ0n) is 18.6. The maximum Gasteiger partial charge on any atom is 0.217 e. The van der Waals surface area contributed by atoms with Gasteiger partial charge in [-0.25, -0.2) is 4.98 Å². The molecular formula is C24H35N3O3. The van der Waals surface area contributed by atoms with E-state index in [-0.39, 0.29) is 17.9 Å². The molecule has 0 radical (unpaired) electrons. The van der Waals surface area contributed by atoms with Crippen LogP contribution in [0.3, 0.4) is 0 Å². The van der Waals surface area contributed by atoms with Crippen molar-refractivity contribution in [1.82, 2.24) is 4.98 Å². The van der Waals surface area contributed by atoms with Crippen molar-refractivity contribution in [2.24, 2.45) is 22.6 Å². The molecule has 1 aliphatic rings. The second kappa shape index (κ2) is 12.2. The fourth-order valence-electron chi connectivity index (χ4n) is 3.04. The van der Waals surface area contributed by atoms with Crippen LogP contribution in [0.4, 0.5) is 0 Å². The van der Waals surface area contributed by atoms with Crippen molar-refractivity contribution in [3.8, 4) is 5.88 Å². The highest BCUT2D eigenvalue weighted by Gasteiger charge is 2.19. The largest absolute Gasteiger partial charge is 0.501 e. The van der Waals surface area contributed by atoms with E-state index in [0.29, 0.717) is 30.9 Å². The number of carbonyl (C=O) groups excluding carboxylic acids is 1. The average Bonchev–Trinajstić information content (AvgIpc) is 2.66. The summed E-state index contributed by atoms with van der Waals surface area (Å²) in [4.78, 5) is 20.1. The van der Waals surface area contributed by atoms with Gasteiger partial charge in [-0.05, 0) is 62.0 Å². The van der Waals surface area contributed by atoms with E-state index in [1.165, 1.54) is 6.42 Å². The number of ether oxygens (including phenoxy) is 2. The number of hydrogen-bond acceptors (Lipinski definition) is 5. The smallest absolute Gasteiger partial charge is 0.217 e. The fraction of sp³-hybridized carbons (Fsp3) is 0.542. The molecular weight excluding hydrogens is 378 g/mol. The average molecular weight is 414 g/mol. The number of primary amides is 1. The van der Waals surface area contributed by atoms with Gasteiger partial charge >= 0.3 is 0 Å². The van der Waals surface area contributed by atoms with Crippen LogP contribution in [-0.4, -0.2) is 35.9 Å². The minimum atomic E-state index is -0.317. The number of pyridine rings is 1. The number of aromatic nitrogens is 1. The molecule has 0 saturated heterocycles. The molecule has 1 aromatic rings. The number of hydrogen-bond donors (Lipinski definition) is 1.